The van der Waals surface area contributed by atoms with Gasteiger partial charge in [-0.2, -0.15) is 0 Å². The number of aromatic nitrogens is 3. The molecule has 84 valence electrons. The van der Waals surface area contributed by atoms with Gasteiger partial charge in [0, 0.05) is 11.8 Å². The first-order valence-electron chi connectivity index (χ1n) is 5.04. The SMILES string of the molecule is NC=CC=Nc1ccccc1-c1ncncn1. The molecule has 5 heteroatoms. The molecule has 0 fully saturated rings. The lowest BCUT2D eigenvalue weighted by Crippen LogP contribution is -1.89. The molecule has 1 heterocycles. The van der Waals surface area contributed by atoms with Crippen molar-refractivity contribution in [1.82, 2.24) is 15.0 Å². The molecule has 5 nitrogen and oxygen atoms in total. The lowest BCUT2D eigenvalue weighted by atomic mass is 10.1. The zero-order valence-corrected chi connectivity index (χ0v) is 9.06. The Morgan fingerprint density at radius 1 is 1.12 bits per heavy atom. The normalized spacial score (nSPS) is 11.3. The van der Waals surface area contributed by atoms with E-state index in [1.807, 2.05) is 24.3 Å². The number of allylic oxidation sites excluding steroid dienone is 1. The van der Waals surface area contributed by atoms with Gasteiger partial charge >= 0.3 is 0 Å². The van der Waals surface area contributed by atoms with E-state index in [9.17, 15) is 0 Å². The Morgan fingerprint density at radius 2 is 1.88 bits per heavy atom. The summed E-state index contributed by atoms with van der Waals surface area (Å²) in [6.07, 6.45) is 7.63. The molecule has 0 saturated heterocycles. The van der Waals surface area contributed by atoms with E-state index in [2.05, 4.69) is 19.9 Å². The summed E-state index contributed by atoms with van der Waals surface area (Å²) in [5, 5.41) is 0. The lowest BCUT2D eigenvalue weighted by molar-refractivity contribution is 1.06. The van der Waals surface area contributed by atoms with Gasteiger partial charge in [0.15, 0.2) is 5.82 Å². The Bertz CT molecular complexity index is 534. The van der Waals surface area contributed by atoms with E-state index < -0.39 is 0 Å². The quantitative estimate of drug-likeness (QED) is 0.807. The minimum Gasteiger partial charge on any atom is -0.405 e. The van der Waals surface area contributed by atoms with Gasteiger partial charge in [-0.05, 0) is 24.4 Å². The van der Waals surface area contributed by atoms with E-state index in [1.54, 1.807) is 12.3 Å². The van der Waals surface area contributed by atoms with Crippen molar-refractivity contribution in [2.75, 3.05) is 0 Å². The van der Waals surface area contributed by atoms with Crippen molar-refractivity contribution in [1.29, 1.82) is 0 Å². The van der Waals surface area contributed by atoms with Gasteiger partial charge in [0.05, 0.1) is 5.69 Å². The summed E-state index contributed by atoms with van der Waals surface area (Å²) in [6.45, 7) is 0. The Morgan fingerprint density at radius 3 is 2.65 bits per heavy atom. The van der Waals surface area contributed by atoms with Crippen LogP contribution >= 0.6 is 0 Å². The van der Waals surface area contributed by atoms with Crippen LogP contribution in [0.15, 0.2) is 54.2 Å². The lowest BCUT2D eigenvalue weighted by Gasteiger charge is -2.02. The van der Waals surface area contributed by atoms with Gasteiger partial charge in [-0.1, -0.05) is 12.1 Å². The summed E-state index contributed by atoms with van der Waals surface area (Å²) in [7, 11) is 0. The first kappa shape index (κ1) is 10.9. The maximum Gasteiger partial charge on any atom is 0.164 e. The summed E-state index contributed by atoms with van der Waals surface area (Å²) in [6, 6.07) is 7.62. The summed E-state index contributed by atoms with van der Waals surface area (Å²) in [5.41, 5.74) is 6.88. The molecule has 0 aliphatic heterocycles. The van der Waals surface area contributed by atoms with Gasteiger partial charge in [-0.3, -0.25) is 4.99 Å². The van der Waals surface area contributed by atoms with E-state index in [-0.39, 0.29) is 0 Å². The summed E-state index contributed by atoms with van der Waals surface area (Å²) < 4.78 is 0. The molecular weight excluding hydrogens is 214 g/mol. The predicted molar refractivity (Wildman–Crippen MR) is 66.7 cm³/mol. The molecule has 0 bridgehead atoms. The smallest absolute Gasteiger partial charge is 0.164 e. The minimum atomic E-state index is 0.601. The van der Waals surface area contributed by atoms with Crippen LogP contribution in [0.1, 0.15) is 0 Å². The molecule has 0 amide bonds. The van der Waals surface area contributed by atoms with Crippen molar-refractivity contribution >= 4 is 11.9 Å². The van der Waals surface area contributed by atoms with Crippen LogP contribution in [0.2, 0.25) is 0 Å². The highest BCUT2D eigenvalue weighted by Gasteiger charge is 2.04. The van der Waals surface area contributed by atoms with Gasteiger partial charge in [0.1, 0.15) is 12.7 Å². The zero-order chi connectivity index (χ0) is 11.9. The molecule has 1 aromatic carbocycles. The zero-order valence-electron chi connectivity index (χ0n) is 9.06. The van der Waals surface area contributed by atoms with E-state index in [4.69, 9.17) is 5.73 Å². The Hall–Kier alpha value is -2.56. The van der Waals surface area contributed by atoms with E-state index >= 15 is 0 Å². The Kier molecular flexibility index (Phi) is 3.54. The fourth-order valence-corrected chi connectivity index (χ4v) is 1.33. The second-order valence-electron chi connectivity index (χ2n) is 3.14. The number of benzene rings is 1. The van der Waals surface area contributed by atoms with Crippen LogP contribution < -0.4 is 5.73 Å². The highest BCUT2D eigenvalue weighted by atomic mass is 15.0. The van der Waals surface area contributed by atoms with Crippen LogP contribution in [-0.4, -0.2) is 21.2 Å². The molecule has 2 aromatic rings. The molecule has 0 aliphatic carbocycles. The largest absolute Gasteiger partial charge is 0.405 e. The highest BCUT2D eigenvalue weighted by molar-refractivity contribution is 5.79. The number of aliphatic imine (C=N–C) groups is 1. The molecule has 0 aliphatic rings. The Balaban J connectivity index is 2.41. The number of nitrogens with two attached hydrogens (primary N) is 1. The third-order valence-electron chi connectivity index (χ3n) is 2.05. The third-order valence-corrected chi connectivity index (χ3v) is 2.05. The van der Waals surface area contributed by atoms with Gasteiger partial charge in [0.2, 0.25) is 0 Å². The van der Waals surface area contributed by atoms with E-state index in [0.717, 1.165) is 11.3 Å². The molecule has 2 N–H and O–H groups in total. The molecule has 0 atom stereocenters. The molecule has 0 spiro atoms. The van der Waals surface area contributed by atoms with Gasteiger partial charge in [-0.15, -0.1) is 0 Å². The number of rotatable bonds is 3. The third kappa shape index (κ3) is 2.72. The van der Waals surface area contributed by atoms with Crippen LogP contribution in [0.3, 0.4) is 0 Å². The van der Waals surface area contributed by atoms with Crippen molar-refractivity contribution in [3.63, 3.8) is 0 Å². The molecule has 17 heavy (non-hydrogen) atoms. The minimum absolute atomic E-state index is 0.601. The van der Waals surface area contributed by atoms with Crippen molar-refractivity contribution in [2.24, 2.45) is 10.7 Å². The van der Waals surface area contributed by atoms with Crippen LogP contribution in [-0.2, 0) is 0 Å². The van der Waals surface area contributed by atoms with Crippen LogP contribution in [0.5, 0.6) is 0 Å². The summed E-state index contributed by atoms with van der Waals surface area (Å²) in [4.78, 5) is 16.3. The van der Waals surface area contributed by atoms with Crippen LogP contribution in [0.25, 0.3) is 11.4 Å². The van der Waals surface area contributed by atoms with Crippen molar-refractivity contribution in [2.45, 2.75) is 0 Å². The topological polar surface area (TPSA) is 77.0 Å². The molecule has 2 rings (SSSR count). The molecule has 0 unspecified atom stereocenters. The highest BCUT2D eigenvalue weighted by Crippen LogP contribution is 2.26. The summed E-state index contributed by atoms with van der Waals surface area (Å²) in [5.74, 6) is 0.601. The fraction of sp³-hybridized carbons (Fsp3) is 0. The van der Waals surface area contributed by atoms with Crippen LogP contribution in [0.4, 0.5) is 5.69 Å². The number of para-hydroxylation sites is 1. The van der Waals surface area contributed by atoms with Crippen molar-refractivity contribution in [3.05, 3.63) is 49.2 Å². The fourth-order valence-electron chi connectivity index (χ4n) is 1.33. The molecule has 1 aromatic heterocycles. The van der Waals surface area contributed by atoms with Gasteiger partial charge in [-0.25, -0.2) is 15.0 Å². The first-order chi connectivity index (χ1) is 8.42. The Labute approximate surface area is 98.8 Å². The van der Waals surface area contributed by atoms with Crippen LogP contribution in [0, 0.1) is 0 Å². The maximum absolute atomic E-state index is 5.24. The number of nitrogens with zero attached hydrogens (tertiary/aromatic N) is 4. The standard InChI is InChI=1S/C12H11N5/c13-6-3-7-15-11-5-2-1-4-10(11)12-16-8-14-9-17-12/h1-9H,13H2. The van der Waals surface area contributed by atoms with Crippen molar-refractivity contribution in [3.8, 4) is 11.4 Å². The molecule has 0 radical (unpaired) electrons. The predicted octanol–water partition coefficient (Wildman–Crippen LogP) is 1.71. The average Bonchev–Trinajstić information content (AvgIpc) is 2.41. The van der Waals surface area contributed by atoms with Gasteiger partial charge in [0.25, 0.3) is 0 Å². The molecular formula is C12H11N5. The summed E-state index contributed by atoms with van der Waals surface area (Å²) >= 11 is 0. The van der Waals surface area contributed by atoms with Gasteiger partial charge < -0.3 is 5.73 Å². The second kappa shape index (κ2) is 5.50. The number of hydrogen-bond donors (Lipinski definition) is 1. The monoisotopic (exact) mass is 225 g/mol. The first-order valence-corrected chi connectivity index (χ1v) is 5.04. The molecule has 0 saturated carbocycles. The van der Waals surface area contributed by atoms with Crippen molar-refractivity contribution < 1.29 is 0 Å². The second-order valence-corrected chi connectivity index (χ2v) is 3.14. The average molecular weight is 225 g/mol. The number of hydrogen-bond acceptors (Lipinski definition) is 5. The van der Waals surface area contributed by atoms with E-state index in [0.29, 0.717) is 5.82 Å². The van der Waals surface area contributed by atoms with E-state index in [1.165, 1.54) is 18.9 Å². The maximum atomic E-state index is 5.24.